The molecule has 0 aromatic heterocycles. The van der Waals surface area contributed by atoms with Crippen molar-refractivity contribution in [3.05, 3.63) is 0 Å². The second-order valence-electron chi connectivity index (χ2n) is 6.30. The second kappa shape index (κ2) is 5.45. The Balaban J connectivity index is 2.99. The van der Waals surface area contributed by atoms with Gasteiger partial charge in [0.05, 0.1) is 18.9 Å². The van der Waals surface area contributed by atoms with Crippen molar-refractivity contribution in [1.29, 1.82) is 0 Å². The quantitative estimate of drug-likeness (QED) is 0.765. The van der Waals surface area contributed by atoms with Gasteiger partial charge in [-0.15, -0.1) is 0 Å². The molecule has 1 rings (SSSR count). The van der Waals surface area contributed by atoms with Crippen LogP contribution in [-0.4, -0.2) is 60.5 Å². The highest BCUT2D eigenvalue weighted by atomic mass is 32.2. The van der Waals surface area contributed by atoms with Crippen LogP contribution in [0.2, 0.25) is 0 Å². The van der Waals surface area contributed by atoms with Gasteiger partial charge in [-0.05, 0) is 27.7 Å². The number of rotatable bonds is 3. The zero-order valence-electron chi connectivity index (χ0n) is 12.7. The molecule has 9 heteroatoms. The van der Waals surface area contributed by atoms with Gasteiger partial charge in [0, 0.05) is 6.42 Å². The molecule has 1 heterocycles. The van der Waals surface area contributed by atoms with E-state index in [0.29, 0.717) is 0 Å². The molecule has 8 nitrogen and oxygen atoms in total. The Bertz CT molecular complexity index is 536. The SMILES string of the molecule is CC(C)(C)OC(=O)N1CC(OS(C)(=O)=O)CC1(C)C(=O)O. The largest absolute Gasteiger partial charge is 0.480 e. The maximum atomic E-state index is 12.1. The Kier molecular flexibility index (Phi) is 4.59. The van der Waals surface area contributed by atoms with Gasteiger partial charge >= 0.3 is 12.1 Å². The molecule has 0 aromatic carbocycles. The molecule has 0 radical (unpaired) electrons. The second-order valence-corrected chi connectivity index (χ2v) is 7.90. The molecule has 0 bridgehead atoms. The van der Waals surface area contributed by atoms with Crippen LogP contribution in [0.4, 0.5) is 4.79 Å². The molecule has 1 aliphatic heterocycles. The van der Waals surface area contributed by atoms with Crippen LogP contribution in [0.5, 0.6) is 0 Å². The lowest BCUT2D eigenvalue weighted by molar-refractivity contribution is -0.148. The summed E-state index contributed by atoms with van der Waals surface area (Å²) in [6.45, 7) is 6.15. The van der Waals surface area contributed by atoms with Crippen molar-refractivity contribution in [2.24, 2.45) is 0 Å². The van der Waals surface area contributed by atoms with Crippen LogP contribution >= 0.6 is 0 Å². The van der Waals surface area contributed by atoms with Gasteiger partial charge in [0.1, 0.15) is 11.1 Å². The van der Waals surface area contributed by atoms with Gasteiger partial charge < -0.3 is 9.84 Å². The fraction of sp³-hybridized carbons (Fsp3) is 0.833. The highest BCUT2D eigenvalue weighted by Crippen LogP contribution is 2.33. The Morgan fingerprint density at radius 1 is 1.33 bits per heavy atom. The molecular weight excluding hydrogens is 302 g/mol. The number of carbonyl (C=O) groups is 2. The molecule has 0 saturated carbocycles. The Hall–Kier alpha value is -1.35. The van der Waals surface area contributed by atoms with E-state index in [2.05, 4.69) is 0 Å². The summed E-state index contributed by atoms with van der Waals surface area (Å²) in [6.07, 6.45) is -0.976. The zero-order valence-corrected chi connectivity index (χ0v) is 13.6. The number of carbonyl (C=O) groups excluding carboxylic acids is 1. The fourth-order valence-electron chi connectivity index (χ4n) is 2.13. The summed E-state index contributed by atoms with van der Waals surface area (Å²) in [6, 6.07) is 0. The number of aliphatic carboxylic acids is 1. The lowest BCUT2D eigenvalue weighted by Gasteiger charge is -2.32. The standard InChI is InChI=1S/C12H21NO7S/c1-11(2,3)19-10(16)13-7-8(20-21(5,17)18)6-12(13,4)9(14)15/h8H,6-7H2,1-5H3,(H,14,15). The zero-order chi connectivity index (χ0) is 16.6. The predicted octanol–water partition coefficient (Wildman–Crippen LogP) is 0.815. The van der Waals surface area contributed by atoms with E-state index in [0.717, 1.165) is 11.2 Å². The van der Waals surface area contributed by atoms with Gasteiger partial charge in [-0.2, -0.15) is 8.42 Å². The number of likely N-dealkylation sites (tertiary alicyclic amines) is 1. The molecule has 0 aliphatic carbocycles. The maximum absolute atomic E-state index is 12.1. The summed E-state index contributed by atoms with van der Waals surface area (Å²) in [5.74, 6) is -1.24. The van der Waals surface area contributed by atoms with Crippen molar-refractivity contribution in [1.82, 2.24) is 4.90 Å². The summed E-state index contributed by atoms with van der Waals surface area (Å²) in [5.41, 5.74) is -2.36. The molecule has 2 unspecified atom stereocenters. The molecule has 0 spiro atoms. The molecule has 0 aromatic rings. The first-order valence-electron chi connectivity index (χ1n) is 6.37. The minimum absolute atomic E-state index is 0.130. The van der Waals surface area contributed by atoms with Gasteiger partial charge in [0.15, 0.2) is 0 Å². The summed E-state index contributed by atoms with van der Waals surface area (Å²) in [7, 11) is -3.74. The van der Waals surface area contributed by atoms with E-state index in [1.165, 1.54) is 6.92 Å². The van der Waals surface area contributed by atoms with Crippen molar-refractivity contribution >= 4 is 22.2 Å². The summed E-state index contributed by atoms with van der Waals surface area (Å²) >= 11 is 0. The molecule has 1 N–H and O–H groups in total. The average molecular weight is 323 g/mol. The van der Waals surface area contributed by atoms with Crippen LogP contribution in [0.3, 0.4) is 0 Å². The first-order valence-corrected chi connectivity index (χ1v) is 8.18. The number of carboxylic acids is 1. The number of amides is 1. The van der Waals surface area contributed by atoms with E-state index >= 15 is 0 Å². The molecule has 1 amide bonds. The predicted molar refractivity (Wildman–Crippen MR) is 73.3 cm³/mol. The van der Waals surface area contributed by atoms with Crippen LogP contribution in [-0.2, 0) is 23.8 Å². The average Bonchev–Trinajstić information content (AvgIpc) is 2.51. The fourth-order valence-corrected chi connectivity index (χ4v) is 2.75. The third kappa shape index (κ3) is 4.57. The van der Waals surface area contributed by atoms with Crippen LogP contribution in [0, 0.1) is 0 Å². The number of ether oxygens (including phenoxy) is 1. The Morgan fingerprint density at radius 3 is 2.24 bits per heavy atom. The Labute approximate surface area is 124 Å². The van der Waals surface area contributed by atoms with Gasteiger partial charge in [0.2, 0.25) is 0 Å². The normalized spacial score (nSPS) is 26.7. The molecule has 2 atom stereocenters. The van der Waals surface area contributed by atoms with Crippen molar-refractivity contribution in [2.45, 2.75) is 51.4 Å². The Morgan fingerprint density at radius 2 is 1.86 bits per heavy atom. The topological polar surface area (TPSA) is 110 Å². The number of carboxylic acid groups (broad SMARTS) is 1. The minimum atomic E-state index is -3.74. The molecule has 122 valence electrons. The highest BCUT2D eigenvalue weighted by Gasteiger charge is 2.52. The summed E-state index contributed by atoms with van der Waals surface area (Å²) in [4.78, 5) is 24.6. The molecule has 1 saturated heterocycles. The van der Waals surface area contributed by atoms with Crippen LogP contribution in [0.15, 0.2) is 0 Å². The van der Waals surface area contributed by atoms with E-state index < -0.39 is 39.4 Å². The maximum Gasteiger partial charge on any atom is 0.411 e. The van der Waals surface area contributed by atoms with Crippen molar-refractivity contribution < 1.29 is 32.0 Å². The minimum Gasteiger partial charge on any atom is -0.480 e. The highest BCUT2D eigenvalue weighted by molar-refractivity contribution is 7.86. The molecule has 1 fully saturated rings. The van der Waals surface area contributed by atoms with Crippen LogP contribution in [0.1, 0.15) is 34.1 Å². The third-order valence-corrected chi connectivity index (χ3v) is 3.61. The first-order chi connectivity index (χ1) is 9.24. The molecule has 21 heavy (non-hydrogen) atoms. The lowest BCUT2D eigenvalue weighted by atomic mass is 9.99. The monoisotopic (exact) mass is 323 g/mol. The summed E-state index contributed by atoms with van der Waals surface area (Å²) in [5, 5.41) is 9.35. The first kappa shape index (κ1) is 17.7. The van der Waals surface area contributed by atoms with Crippen molar-refractivity contribution in [3.63, 3.8) is 0 Å². The lowest BCUT2D eigenvalue weighted by Crippen LogP contribution is -2.52. The van der Waals surface area contributed by atoms with Gasteiger partial charge in [0.25, 0.3) is 10.1 Å². The molecule has 1 aliphatic rings. The van der Waals surface area contributed by atoms with E-state index in [-0.39, 0.29) is 13.0 Å². The van der Waals surface area contributed by atoms with Crippen LogP contribution in [0.25, 0.3) is 0 Å². The van der Waals surface area contributed by atoms with Gasteiger partial charge in [-0.3, -0.25) is 9.08 Å². The smallest absolute Gasteiger partial charge is 0.411 e. The van der Waals surface area contributed by atoms with Gasteiger partial charge in [-0.25, -0.2) is 9.59 Å². The van der Waals surface area contributed by atoms with E-state index in [1.807, 2.05) is 0 Å². The van der Waals surface area contributed by atoms with E-state index in [9.17, 15) is 23.1 Å². The number of hydrogen-bond acceptors (Lipinski definition) is 6. The van der Waals surface area contributed by atoms with E-state index in [1.54, 1.807) is 20.8 Å². The van der Waals surface area contributed by atoms with E-state index in [4.69, 9.17) is 8.92 Å². The van der Waals surface area contributed by atoms with Crippen molar-refractivity contribution in [2.75, 3.05) is 12.8 Å². The number of nitrogens with zero attached hydrogens (tertiary/aromatic N) is 1. The van der Waals surface area contributed by atoms with Crippen molar-refractivity contribution in [3.8, 4) is 0 Å². The number of hydrogen-bond donors (Lipinski definition) is 1. The van der Waals surface area contributed by atoms with Crippen LogP contribution < -0.4 is 0 Å². The van der Waals surface area contributed by atoms with Gasteiger partial charge in [-0.1, -0.05) is 0 Å². The molecular formula is C12H21NO7S. The summed E-state index contributed by atoms with van der Waals surface area (Å²) < 4.78 is 32.3. The third-order valence-electron chi connectivity index (χ3n) is 2.99.